The summed E-state index contributed by atoms with van der Waals surface area (Å²) in [7, 11) is 3.52. The second-order valence-electron chi connectivity index (χ2n) is 8.03. The van der Waals surface area contributed by atoms with Gasteiger partial charge in [-0.25, -0.2) is 9.78 Å². The van der Waals surface area contributed by atoms with Crippen molar-refractivity contribution in [2.45, 2.75) is 26.3 Å². The molecule has 2 heterocycles. The SMILES string of the molecule is COc1cc(C(=O)O)c(C)c2nc(-c3cc4cc(Br)ccc4n3CC3CC3)n(C)c12. The van der Waals surface area contributed by atoms with Gasteiger partial charge in [0, 0.05) is 29.0 Å². The Morgan fingerprint density at radius 1 is 1.30 bits per heavy atom. The molecule has 2 aromatic heterocycles. The Morgan fingerprint density at radius 2 is 2.07 bits per heavy atom. The summed E-state index contributed by atoms with van der Waals surface area (Å²) in [5, 5.41) is 10.8. The van der Waals surface area contributed by atoms with Gasteiger partial charge in [0.15, 0.2) is 5.82 Å². The molecule has 0 atom stereocenters. The highest BCUT2D eigenvalue weighted by molar-refractivity contribution is 9.10. The lowest BCUT2D eigenvalue weighted by molar-refractivity contribution is 0.0696. The number of aromatic nitrogens is 3. The lowest BCUT2D eigenvalue weighted by Gasteiger charge is -2.11. The molecule has 154 valence electrons. The van der Waals surface area contributed by atoms with E-state index in [1.807, 2.05) is 11.6 Å². The highest BCUT2D eigenvalue weighted by atomic mass is 79.9. The molecule has 0 saturated heterocycles. The Bertz CT molecular complexity index is 1330. The zero-order chi connectivity index (χ0) is 21.2. The van der Waals surface area contributed by atoms with Crippen molar-refractivity contribution in [3.8, 4) is 17.3 Å². The largest absolute Gasteiger partial charge is 0.494 e. The molecular weight excluding hydrogens is 446 g/mol. The fraction of sp³-hybridized carbons (Fsp3) is 0.304. The predicted octanol–water partition coefficient (Wildman–Crippen LogP) is 5.38. The maximum atomic E-state index is 11.7. The highest BCUT2D eigenvalue weighted by Crippen LogP contribution is 2.39. The second-order valence-corrected chi connectivity index (χ2v) is 8.95. The van der Waals surface area contributed by atoms with Crippen LogP contribution in [-0.4, -0.2) is 32.3 Å². The van der Waals surface area contributed by atoms with E-state index in [0.717, 1.165) is 33.4 Å². The lowest BCUT2D eigenvalue weighted by atomic mass is 10.1. The van der Waals surface area contributed by atoms with Crippen LogP contribution in [0, 0.1) is 12.8 Å². The predicted molar refractivity (Wildman–Crippen MR) is 120 cm³/mol. The van der Waals surface area contributed by atoms with Gasteiger partial charge in [-0.05, 0) is 61.6 Å². The summed E-state index contributed by atoms with van der Waals surface area (Å²) in [6, 6.07) is 10.1. The van der Waals surface area contributed by atoms with E-state index in [4.69, 9.17) is 9.72 Å². The molecule has 1 fully saturated rings. The first-order chi connectivity index (χ1) is 14.4. The smallest absolute Gasteiger partial charge is 0.336 e. The Hall–Kier alpha value is -2.80. The number of methoxy groups -OCH3 is 1. The van der Waals surface area contributed by atoms with Crippen molar-refractivity contribution < 1.29 is 14.6 Å². The second kappa shape index (κ2) is 6.87. The normalized spacial score (nSPS) is 14.0. The molecule has 1 aliphatic carbocycles. The van der Waals surface area contributed by atoms with Crippen molar-refractivity contribution in [1.29, 1.82) is 0 Å². The number of carbonyl (C=O) groups is 1. The van der Waals surface area contributed by atoms with Crippen molar-refractivity contribution in [1.82, 2.24) is 14.1 Å². The fourth-order valence-corrected chi connectivity index (χ4v) is 4.65. The molecule has 0 spiro atoms. The summed E-state index contributed by atoms with van der Waals surface area (Å²) in [4.78, 5) is 16.7. The Balaban J connectivity index is 1.81. The average Bonchev–Trinajstić information content (AvgIpc) is 3.37. The van der Waals surface area contributed by atoms with Crippen LogP contribution in [0.15, 0.2) is 34.8 Å². The van der Waals surface area contributed by atoms with Gasteiger partial charge in [0.1, 0.15) is 11.3 Å². The third-order valence-corrected chi connectivity index (χ3v) is 6.54. The topological polar surface area (TPSA) is 69.3 Å². The van der Waals surface area contributed by atoms with Crippen LogP contribution in [-0.2, 0) is 13.6 Å². The first kappa shape index (κ1) is 19.2. The van der Waals surface area contributed by atoms with E-state index < -0.39 is 5.97 Å². The summed E-state index contributed by atoms with van der Waals surface area (Å²) >= 11 is 3.58. The summed E-state index contributed by atoms with van der Waals surface area (Å²) < 4.78 is 10.9. The first-order valence-corrected chi connectivity index (χ1v) is 10.7. The molecule has 30 heavy (non-hydrogen) atoms. The van der Waals surface area contributed by atoms with Crippen LogP contribution >= 0.6 is 15.9 Å². The van der Waals surface area contributed by atoms with Gasteiger partial charge in [0.05, 0.1) is 23.9 Å². The number of nitrogens with zero attached hydrogens (tertiary/aromatic N) is 3. The number of rotatable bonds is 5. The number of carboxylic acid groups (broad SMARTS) is 1. The summed E-state index contributed by atoms with van der Waals surface area (Å²) in [6.07, 6.45) is 2.51. The number of benzene rings is 2. The molecular formula is C23H22BrN3O3. The van der Waals surface area contributed by atoms with Crippen LogP contribution in [0.1, 0.15) is 28.8 Å². The van der Waals surface area contributed by atoms with Gasteiger partial charge in [-0.2, -0.15) is 0 Å². The molecule has 1 saturated carbocycles. The Morgan fingerprint density at radius 3 is 2.73 bits per heavy atom. The molecule has 4 aromatic rings. The number of imidazole rings is 1. The summed E-state index contributed by atoms with van der Waals surface area (Å²) in [6.45, 7) is 2.76. The van der Waals surface area contributed by atoms with E-state index in [1.165, 1.54) is 18.4 Å². The number of fused-ring (bicyclic) bond motifs is 2. The third kappa shape index (κ3) is 2.91. The van der Waals surface area contributed by atoms with Crippen LogP contribution in [0.3, 0.4) is 0 Å². The number of halogens is 1. The quantitative estimate of drug-likeness (QED) is 0.427. The van der Waals surface area contributed by atoms with E-state index in [-0.39, 0.29) is 5.56 Å². The van der Waals surface area contributed by atoms with E-state index in [2.05, 4.69) is 44.8 Å². The number of ether oxygens (including phenoxy) is 1. The zero-order valence-electron chi connectivity index (χ0n) is 17.1. The molecule has 5 rings (SSSR count). The number of hydrogen-bond donors (Lipinski definition) is 1. The minimum Gasteiger partial charge on any atom is -0.494 e. The van der Waals surface area contributed by atoms with Gasteiger partial charge in [-0.15, -0.1) is 0 Å². The minimum atomic E-state index is -0.979. The first-order valence-electron chi connectivity index (χ1n) is 9.95. The minimum absolute atomic E-state index is 0.214. The van der Waals surface area contributed by atoms with E-state index in [1.54, 1.807) is 20.1 Å². The van der Waals surface area contributed by atoms with Gasteiger partial charge < -0.3 is 19.0 Å². The molecule has 2 aromatic carbocycles. The van der Waals surface area contributed by atoms with Crippen molar-refractivity contribution in [2.24, 2.45) is 13.0 Å². The summed E-state index contributed by atoms with van der Waals surface area (Å²) in [5.74, 6) is 1.05. The van der Waals surface area contributed by atoms with Crippen LogP contribution in [0.4, 0.5) is 0 Å². The number of aryl methyl sites for hydroxylation is 2. The third-order valence-electron chi connectivity index (χ3n) is 6.04. The lowest BCUT2D eigenvalue weighted by Crippen LogP contribution is -2.05. The monoisotopic (exact) mass is 467 g/mol. The molecule has 1 N–H and O–H groups in total. The van der Waals surface area contributed by atoms with E-state index >= 15 is 0 Å². The highest BCUT2D eigenvalue weighted by Gasteiger charge is 2.27. The molecule has 1 aliphatic rings. The maximum absolute atomic E-state index is 11.7. The van der Waals surface area contributed by atoms with Crippen LogP contribution in [0.25, 0.3) is 33.5 Å². The fourth-order valence-electron chi connectivity index (χ4n) is 4.27. The van der Waals surface area contributed by atoms with Gasteiger partial charge in [-0.3, -0.25) is 0 Å². The average molecular weight is 468 g/mol. The number of hydrogen-bond acceptors (Lipinski definition) is 3. The molecule has 0 unspecified atom stereocenters. The van der Waals surface area contributed by atoms with Crippen molar-refractivity contribution >= 4 is 43.8 Å². The molecule has 6 nitrogen and oxygen atoms in total. The summed E-state index contributed by atoms with van der Waals surface area (Å²) in [5.41, 5.74) is 4.54. The van der Waals surface area contributed by atoms with Crippen LogP contribution in [0.5, 0.6) is 5.75 Å². The van der Waals surface area contributed by atoms with E-state index in [0.29, 0.717) is 22.7 Å². The van der Waals surface area contributed by atoms with Gasteiger partial charge >= 0.3 is 5.97 Å². The molecule has 0 amide bonds. The van der Waals surface area contributed by atoms with Crippen molar-refractivity contribution in [3.05, 3.63) is 45.9 Å². The zero-order valence-corrected chi connectivity index (χ0v) is 18.7. The van der Waals surface area contributed by atoms with Crippen LogP contribution < -0.4 is 4.74 Å². The number of carboxylic acids is 1. The van der Waals surface area contributed by atoms with Crippen molar-refractivity contribution in [3.63, 3.8) is 0 Å². The Kier molecular flexibility index (Phi) is 4.39. The number of aromatic carboxylic acids is 1. The van der Waals surface area contributed by atoms with Gasteiger partial charge in [0.25, 0.3) is 0 Å². The van der Waals surface area contributed by atoms with E-state index in [9.17, 15) is 9.90 Å². The maximum Gasteiger partial charge on any atom is 0.336 e. The van der Waals surface area contributed by atoms with Gasteiger partial charge in [0.2, 0.25) is 0 Å². The van der Waals surface area contributed by atoms with Gasteiger partial charge in [-0.1, -0.05) is 15.9 Å². The Labute approximate surface area is 182 Å². The molecule has 7 heteroatoms. The van der Waals surface area contributed by atoms with Crippen LogP contribution in [0.2, 0.25) is 0 Å². The molecule has 0 bridgehead atoms. The molecule has 0 radical (unpaired) electrons. The van der Waals surface area contributed by atoms with Crippen molar-refractivity contribution in [2.75, 3.05) is 7.11 Å². The molecule has 0 aliphatic heterocycles. The standard InChI is InChI=1S/C23H22BrN3O3/c1-12-16(23(28)29)10-19(30-3)21-20(12)25-22(26(21)2)18-9-14-8-15(24)6-7-17(14)27(18)11-13-4-5-13/h6-10,13H,4-5,11H2,1-3H3,(H,28,29).